The predicted octanol–water partition coefficient (Wildman–Crippen LogP) is 2.32. The van der Waals surface area contributed by atoms with Gasteiger partial charge in [-0.15, -0.1) is 0 Å². The molecule has 0 aliphatic heterocycles. The zero-order valence-corrected chi connectivity index (χ0v) is 8.37. The fraction of sp³-hybridized carbons (Fsp3) is 0.333. The van der Waals surface area contributed by atoms with Crippen molar-refractivity contribution >= 4 is 14.0 Å². The van der Waals surface area contributed by atoms with Gasteiger partial charge in [0.25, 0.3) is 6.43 Å². The average Bonchev–Trinajstić information content (AvgIpc) is 2.04. The second-order valence-corrected chi connectivity index (χ2v) is 6.02. The normalized spacial score (nSPS) is 11.2. The molecule has 0 atom stereocenters. The molecule has 0 unspecified atom stereocenters. The molecule has 0 saturated heterocycles. The van der Waals surface area contributed by atoms with Crippen molar-refractivity contribution in [2.45, 2.75) is 19.5 Å². The Morgan fingerprint density at radius 3 is 2.17 bits per heavy atom. The van der Waals surface area contributed by atoms with Gasteiger partial charge in [0.2, 0.25) is 0 Å². The molecule has 0 bridgehead atoms. The van der Waals surface area contributed by atoms with Crippen molar-refractivity contribution in [2.75, 3.05) is 0 Å². The monoisotopic (exact) mass is 186 g/mol. The van der Waals surface area contributed by atoms with Gasteiger partial charge in [0, 0.05) is 5.56 Å². The molecular formula is C9H12F2Si. The first-order valence-electron chi connectivity index (χ1n) is 4.00. The van der Waals surface area contributed by atoms with Gasteiger partial charge < -0.3 is 0 Å². The Morgan fingerprint density at radius 2 is 1.75 bits per heavy atom. The van der Waals surface area contributed by atoms with Gasteiger partial charge >= 0.3 is 0 Å². The molecule has 0 aromatic heterocycles. The third-order valence-electron chi connectivity index (χ3n) is 1.85. The lowest BCUT2D eigenvalue weighted by molar-refractivity contribution is 0.152. The Bertz CT molecular complexity index is 231. The minimum atomic E-state index is -2.32. The van der Waals surface area contributed by atoms with E-state index in [1.807, 2.05) is 12.1 Å². The van der Waals surface area contributed by atoms with Crippen LogP contribution in [0.15, 0.2) is 24.3 Å². The van der Waals surface area contributed by atoms with E-state index in [1.54, 1.807) is 6.07 Å². The zero-order chi connectivity index (χ0) is 9.14. The number of benzene rings is 1. The van der Waals surface area contributed by atoms with E-state index in [9.17, 15) is 8.78 Å². The summed E-state index contributed by atoms with van der Waals surface area (Å²) in [5.41, 5.74) is 0.221. The van der Waals surface area contributed by atoms with Gasteiger partial charge in [-0.1, -0.05) is 42.5 Å². The van der Waals surface area contributed by atoms with Crippen LogP contribution in [-0.2, 0) is 0 Å². The fourth-order valence-corrected chi connectivity index (χ4v) is 2.62. The highest BCUT2D eigenvalue weighted by atomic mass is 28.3. The van der Waals surface area contributed by atoms with Crippen molar-refractivity contribution in [2.24, 2.45) is 0 Å². The molecule has 0 aliphatic carbocycles. The quantitative estimate of drug-likeness (QED) is 0.622. The number of hydrogen-bond acceptors (Lipinski definition) is 0. The van der Waals surface area contributed by atoms with Crippen LogP contribution in [0.1, 0.15) is 12.0 Å². The number of alkyl halides is 2. The molecule has 0 radical (unpaired) electrons. The summed E-state index contributed by atoms with van der Waals surface area (Å²) in [7, 11) is -1.10. The molecule has 3 heteroatoms. The Hall–Kier alpha value is -0.703. The summed E-state index contributed by atoms with van der Waals surface area (Å²) in [5, 5.41) is 0.882. The van der Waals surface area contributed by atoms with E-state index in [-0.39, 0.29) is 5.56 Å². The van der Waals surface area contributed by atoms with Crippen LogP contribution < -0.4 is 5.19 Å². The molecule has 0 nitrogen and oxygen atoms in total. The molecule has 0 fully saturated rings. The first-order chi connectivity index (χ1) is 5.63. The van der Waals surface area contributed by atoms with E-state index in [2.05, 4.69) is 13.1 Å². The van der Waals surface area contributed by atoms with E-state index in [1.165, 1.54) is 6.07 Å². The second-order valence-electron chi connectivity index (χ2n) is 3.08. The van der Waals surface area contributed by atoms with Crippen LogP contribution in [-0.4, -0.2) is 8.80 Å². The molecule has 1 aromatic rings. The fourth-order valence-electron chi connectivity index (χ4n) is 1.24. The Balaban J connectivity index is 3.09. The van der Waals surface area contributed by atoms with Gasteiger partial charge in [0.1, 0.15) is 0 Å². The van der Waals surface area contributed by atoms with E-state index < -0.39 is 15.2 Å². The second kappa shape index (κ2) is 3.80. The maximum absolute atomic E-state index is 12.4. The molecule has 0 aliphatic rings. The van der Waals surface area contributed by atoms with Crippen molar-refractivity contribution in [3.63, 3.8) is 0 Å². The first-order valence-corrected chi connectivity index (χ1v) is 6.88. The van der Waals surface area contributed by atoms with E-state index in [4.69, 9.17) is 0 Å². The molecule has 1 rings (SSSR count). The van der Waals surface area contributed by atoms with Crippen LogP contribution >= 0.6 is 0 Å². The van der Waals surface area contributed by atoms with Gasteiger partial charge in [-0.3, -0.25) is 0 Å². The smallest absolute Gasteiger partial charge is 0.205 e. The van der Waals surface area contributed by atoms with Gasteiger partial charge in [-0.05, 0) is 0 Å². The third-order valence-corrected chi connectivity index (χ3v) is 3.62. The van der Waals surface area contributed by atoms with Crippen molar-refractivity contribution in [1.82, 2.24) is 0 Å². The van der Waals surface area contributed by atoms with Crippen LogP contribution in [0.4, 0.5) is 8.78 Å². The molecule has 66 valence electrons. The average molecular weight is 186 g/mol. The highest BCUT2D eigenvalue weighted by Crippen LogP contribution is 2.16. The van der Waals surface area contributed by atoms with Crippen LogP contribution in [0, 0.1) is 0 Å². The summed E-state index contributed by atoms with van der Waals surface area (Å²) in [6.45, 7) is 4.11. The molecule has 1 aromatic carbocycles. The van der Waals surface area contributed by atoms with Crippen molar-refractivity contribution in [3.8, 4) is 0 Å². The Morgan fingerprint density at radius 1 is 1.17 bits per heavy atom. The van der Waals surface area contributed by atoms with Crippen molar-refractivity contribution < 1.29 is 8.78 Å². The Kier molecular flexibility index (Phi) is 2.97. The lowest BCUT2D eigenvalue weighted by atomic mass is 10.2. The minimum Gasteiger partial charge on any atom is -0.205 e. The highest BCUT2D eigenvalue weighted by Gasteiger charge is 2.13. The summed E-state index contributed by atoms with van der Waals surface area (Å²) in [4.78, 5) is 0. The van der Waals surface area contributed by atoms with E-state index >= 15 is 0 Å². The van der Waals surface area contributed by atoms with Gasteiger partial charge in [-0.2, -0.15) is 0 Å². The first kappa shape index (κ1) is 9.39. The molecule has 0 heterocycles. The van der Waals surface area contributed by atoms with Crippen LogP contribution in [0.3, 0.4) is 0 Å². The number of halogens is 2. The summed E-state index contributed by atoms with van der Waals surface area (Å²) in [6.07, 6.45) is -2.32. The largest absolute Gasteiger partial charge is 0.263 e. The molecular weight excluding hydrogens is 174 g/mol. The molecule has 0 amide bonds. The lowest BCUT2D eigenvalue weighted by Gasteiger charge is -2.09. The summed E-state index contributed by atoms with van der Waals surface area (Å²) < 4.78 is 24.8. The zero-order valence-electron chi connectivity index (χ0n) is 7.22. The van der Waals surface area contributed by atoms with Crippen LogP contribution in [0.5, 0.6) is 0 Å². The maximum atomic E-state index is 12.4. The third kappa shape index (κ3) is 1.91. The number of hydrogen-bond donors (Lipinski definition) is 0. The minimum absolute atomic E-state index is 0.221. The molecule has 0 N–H and O–H groups in total. The molecule has 0 saturated carbocycles. The topological polar surface area (TPSA) is 0 Å². The van der Waals surface area contributed by atoms with Crippen molar-refractivity contribution in [3.05, 3.63) is 29.8 Å². The standard InChI is InChI=1S/C9H12F2Si/c1-12(2)8-6-4-3-5-7(8)9(10)11/h3-6,9,12H,1-2H3. The number of rotatable bonds is 2. The molecule has 12 heavy (non-hydrogen) atoms. The maximum Gasteiger partial charge on any atom is 0.263 e. The SMILES string of the molecule is C[SiH](C)c1ccccc1C(F)F. The van der Waals surface area contributed by atoms with Gasteiger partial charge in [0.05, 0.1) is 8.80 Å². The van der Waals surface area contributed by atoms with Gasteiger partial charge in [0.15, 0.2) is 0 Å². The highest BCUT2D eigenvalue weighted by molar-refractivity contribution is 6.71. The lowest BCUT2D eigenvalue weighted by Crippen LogP contribution is -2.26. The summed E-state index contributed by atoms with van der Waals surface area (Å²) in [5.74, 6) is 0. The predicted molar refractivity (Wildman–Crippen MR) is 49.9 cm³/mol. The van der Waals surface area contributed by atoms with E-state index in [0.29, 0.717) is 0 Å². The van der Waals surface area contributed by atoms with Gasteiger partial charge in [-0.25, -0.2) is 8.78 Å². The summed E-state index contributed by atoms with van der Waals surface area (Å²) in [6, 6.07) is 6.83. The summed E-state index contributed by atoms with van der Waals surface area (Å²) >= 11 is 0. The Labute approximate surface area is 72.8 Å². The van der Waals surface area contributed by atoms with Crippen LogP contribution in [0.25, 0.3) is 0 Å². The van der Waals surface area contributed by atoms with E-state index in [0.717, 1.165) is 5.19 Å². The van der Waals surface area contributed by atoms with Crippen LogP contribution in [0.2, 0.25) is 13.1 Å². The molecule has 0 spiro atoms. The van der Waals surface area contributed by atoms with Crippen molar-refractivity contribution in [1.29, 1.82) is 0 Å².